The Morgan fingerprint density at radius 2 is 2.38 bits per heavy atom. The van der Waals surface area contributed by atoms with Gasteiger partial charge in [0.2, 0.25) is 0 Å². The second kappa shape index (κ2) is 4.20. The van der Waals surface area contributed by atoms with E-state index in [1.165, 1.54) is 25.4 Å². The van der Waals surface area contributed by atoms with Crippen molar-refractivity contribution in [3.8, 4) is 0 Å². The summed E-state index contributed by atoms with van der Waals surface area (Å²) in [5.74, 6) is -0.741. The number of rotatable bonds is 2. The number of carbonyl (C=O) groups is 1. The van der Waals surface area contributed by atoms with Crippen molar-refractivity contribution in [3.63, 3.8) is 0 Å². The Balaban J connectivity index is 2.83. The van der Waals surface area contributed by atoms with Crippen LogP contribution >= 0.6 is 11.6 Å². The van der Waals surface area contributed by atoms with Crippen LogP contribution in [-0.2, 0) is 9.53 Å². The quantitative estimate of drug-likeness (QED) is 0.724. The van der Waals surface area contributed by atoms with Crippen LogP contribution in [0.2, 0.25) is 5.02 Å². The molecular formula is C8H8ClNO3. The third kappa shape index (κ3) is 2.40. The van der Waals surface area contributed by atoms with Crippen molar-refractivity contribution >= 4 is 17.6 Å². The minimum Gasteiger partial charge on any atom is -0.467 e. The number of ether oxygens (including phenoxy) is 1. The van der Waals surface area contributed by atoms with E-state index in [2.05, 4.69) is 9.72 Å². The summed E-state index contributed by atoms with van der Waals surface area (Å²) in [6, 6.07) is 3.00. The number of carbonyl (C=O) groups excluding carboxylic acids is 1. The van der Waals surface area contributed by atoms with E-state index < -0.39 is 12.1 Å². The van der Waals surface area contributed by atoms with E-state index in [1.54, 1.807) is 0 Å². The fourth-order valence-corrected chi connectivity index (χ4v) is 0.893. The fraction of sp³-hybridized carbons (Fsp3) is 0.250. The van der Waals surface area contributed by atoms with Gasteiger partial charge in [-0.2, -0.15) is 0 Å². The summed E-state index contributed by atoms with van der Waals surface area (Å²) in [6.07, 6.45) is 0.00512. The average Bonchev–Trinajstić information content (AvgIpc) is 2.17. The van der Waals surface area contributed by atoms with Crippen molar-refractivity contribution in [2.24, 2.45) is 0 Å². The molecule has 13 heavy (non-hydrogen) atoms. The summed E-state index contributed by atoms with van der Waals surface area (Å²) in [6.45, 7) is 0. The lowest BCUT2D eigenvalue weighted by Crippen LogP contribution is -2.14. The first-order valence-electron chi connectivity index (χ1n) is 3.52. The predicted octanol–water partition coefficient (Wildman–Crippen LogP) is 0.941. The lowest BCUT2D eigenvalue weighted by atomic mass is 10.2. The van der Waals surface area contributed by atoms with Gasteiger partial charge in [-0.15, -0.1) is 0 Å². The number of halogens is 1. The maximum atomic E-state index is 10.9. The standard InChI is InChI=1S/C8H8ClNO3/c1-13-8(12)7(11)6-3-2-5(9)4-10-6/h2-4,7,11H,1H3. The molecule has 0 aromatic carbocycles. The van der Waals surface area contributed by atoms with E-state index in [9.17, 15) is 9.90 Å². The van der Waals surface area contributed by atoms with Gasteiger partial charge in [-0.25, -0.2) is 4.79 Å². The molecule has 5 heteroatoms. The highest BCUT2D eigenvalue weighted by Crippen LogP contribution is 2.13. The van der Waals surface area contributed by atoms with Crippen LogP contribution in [0.1, 0.15) is 11.8 Å². The number of aliphatic hydroxyl groups is 1. The van der Waals surface area contributed by atoms with Crippen molar-refractivity contribution in [3.05, 3.63) is 29.0 Å². The van der Waals surface area contributed by atoms with Gasteiger partial charge in [-0.3, -0.25) is 4.98 Å². The van der Waals surface area contributed by atoms with Gasteiger partial charge in [-0.05, 0) is 12.1 Å². The molecule has 0 aliphatic rings. The summed E-state index contributed by atoms with van der Waals surface area (Å²) in [5.41, 5.74) is 0.219. The van der Waals surface area contributed by atoms with Gasteiger partial charge >= 0.3 is 5.97 Å². The summed E-state index contributed by atoms with van der Waals surface area (Å²) >= 11 is 5.57. The number of esters is 1. The molecular weight excluding hydrogens is 194 g/mol. The molecule has 0 saturated heterocycles. The molecule has 0 radical (unpaired) electrons. The van der Waals surface area contributed by atoms with Gasteiger partial charge in [0.05, 0.1) is 17.8 Å². The molecule has 1 rings (SSSR count). The lowest BCUT2D eigenvalue weighted by Gasteiger charge is -2.06. The Morgan fingerprint density at radius 3 is 2.85 bits per heavy atom. The Bertz CT molecular complexity index is 299. The monoisotopic (exact) mass is 201 g/mol. The molecule has 0 amide bonds. The van der Waals surface area contributed by atoms with E-state index in [0.717, 1.165) is 0 Å². The topological polar surface area (TPSA) is 59.4 Å². The number of aromatic nitrogens is 1. The third-order valence-corrected chi connectivity index (χ3v) is 1.68. The smallest absolute Gasteiger partial charge is 0.341 e. The molecule has 0 spiro atoms. The van der Waals surface area contributed by atoms with Crippen molar-refractivity contribution in [1.29, 1.82) is 0 Å². The molecule has 0 bridgehead atoms. The summed E-state index contributed by atoms with van der Waals surface area (Å²) in [4.78, 5) is 14.6. The van der Waals surface area contributed by atoms with E-state index in [-0.39, 0.29) is 5.69 Å². The zero-order valence-electron chi connectivity index (χ0n) is 6.90. The summed E-state index contributed by atoms with van der Waals surface area (Å²) in [7, 11) is 1.20. The van der Waals surface area contributed by atoms with Gasteiger partial charge in [0.1, 0.15) is 0 Å². The van der Waals surface area contributed by atoms with Crippen molar-refractivity contribution in [1.82, 2.24) is 4.98 Å². The van der Waals surface area contributed by atoms with Crippen molar-refractivity contribution in [2.75, 3.05) is 7.11 Å². The lowest BCUT2D eigenvalue weighted by molar-refractivity contribution is -0.150. The van der Waals surface area contributed by atoms with Crippen LogP contribution in [0.25, 0.3) is 0 Å². The molecule has 1 heterocycles. The Morgan fingerprint density at radius 1 is 1.69 bits per heavy atom. The highest BCUT2D eigenvalue weighted by Gasteiger charge is 2.18. The highest BCUT2D eigenvalue weighted by molar-refractivity contribution is 6.30. The van der Waals surface area contributed by atoms with E-state index in [1.807, 2.05) is 0 Å². The molecule has 1 aromatic heterocycles. The molecule has 1 atom stereocenters. The first kappa shape index (κ1) is 9.95. The van der Waals surface area contributed by atoms with E-state index >= 15 is 0 Å². The van der Waals surface area contributed by atoms with Crippen LogP contribution < -0.4 is 0 Å². The largest absolute Gasteiger partial charge is 0.467 e. The molecule has 0 fully saturated rings. The van der Waals surface area contributed by atoms with E-state index in [4.69, 9.17) is 11.6 Å². The molecule has 0 aliphatic heterocycles. The molecule has 70 valence electrons. The van der Waals surface area contributed by atoms with Crippen LogP contribution in [0.5, 0.6) is 0 Å². The number of nitrogens with zero attached hydrogens (tertiary/aromatic N) is 1. The zero-order chi connectivity index (χ0) is 9.84. The summed E-state index contributed by atoms with van der Waals surface area (Å²) < 4.78 is 4.33. The maximum Gasteiger partial charge on any atom is 0.341 e. The van der Waals surface area contributed by atoms with Crippen molar-refractivity contribution in [2.45, 2.75) is 6.10 Å². The van der Waals surface area contributed by atoms with Gasteiger partial charge in [0, 0.05) is 6.20 Å². The number of hydrogen-bond acceptors (Lipinski definition) is 4. The van der Waals surface area contributed by atoms with Crippen LogP contribution in [0.15, 0.2) is 18.3 Å². The van der Waals surface area contributed by atoms with E-state index in [0.29, 0.717) is 5.02 Å². The number of aliphatic hydroxyl groups excluding tert-OH is 1. The van der Waals surface area contributed by atoms with Crippen LogP contribution in [0, 0.1) is 0 Å². The van der Waals surface area contributed by atoms with Crippen LogP contribution in [-0.4, -0.2) is 23.2 Å². The van der Waals surface area contributed by atoms with Gasteiger partial charge in [0.15, 0.2) is 6.10 Å². The number of methoxy groups -OCH3 is 1. The second-order valence-electron chi connectivity index (χ2n) is 2.33. The molecule has 1 aromatic rings. The molecule has 0 saturated carbocycles. The van der Waals surface area contributed by atoms with Gasteiger partial charge < -0.3 is 9.84 Å². The van der Waals surface area contributed by atoms with Crippen molar-refractivity contribution < 1.29 is 14.6 Å². The second-order valence-corrected chi connectivity index (χ2v) is 2.76. The number of hydrogen-bond donors (Lipinski definition) is 1. The van der Waals surface area contributed by atoms with Gasteiger partial charge in [0.25, 0.3) is 0 Å². The fourth-order valence-electron chi connectivity index (χ4n) is 0.781. The minimum atomic E-state index is -1.35. The Hall–Kier alpha value is -1.13. The Kier molecular flexibility index (Phi) is 3.22. The zero-order valence-corrected chi connectivity index (χ0v) is 7.65. The average molecular weight is 202 g/mol. The highest BCUT2D eigenvalue weighted by atomic mass is 35.5. The molecule has 4 nitrogen and oxygen atoms in total. The molecule has 0 aliphatic carbocycles. The minimum absolute atomic E-state index is 0.219. The Labute approximate surface area is 80.1 Å². The summed E-state index contributed by atoms with van der Waals surface area (Å²) in [5, 5.41) is 9.74. The first-order chi connectivity index (χ1) is 6.15. The van der Waals surface area contributed by atoms with Crippen LogP contribution in [0.3, 0.4) is 0 Å². The van der Waals surface area contributed by atoms with Crippen LogP contribution in [0.4, 0.5) is 0 Å². The normalized spacial score (nSPS) is 12.2. The maximum absolute atomic E-state index is 10.9. The third-order valence-electron chi connectivity index (χ3n) is 1.45. The van der Waals surface area contributed by atoms with Gasteiger partial charge in [-0.1, -0.05) is 11.6 Å². The molecule has 1 N–H and O–H groups in total. The SMILES string of the molecule is COC(=O)C(O)c1ccc(Cl)cn1. The predicted molar refractivity (Wildman–Crippen MR) is 46.2 cm³/mol. The molecule has 1 unspecified atom stereocenters. The number of pyridine rings is 1. The first-order valence-corrected chi connectivity index (χ1v) is 3.90.